The smallest absolute Gasteiger partial charge is 0.312 e. The molecule has 0 aliphatic rings. The van der Waals surface area contributed by atoms with E-state index in [1.807, 2.05) is 6.92 Å². The topological polar surface area (TPSA) is 101 Å². The highest BCUT2D eigenvalue weighted by Gasteiger charge is 2.28. The predicted molar refractivity (Wildman–Crippen MR) is 77.4 cm³/mol. The van der Waals surface area contributed by atoms with Crippen molar-refractivity contribution in [2.24, 2.45) is 0 Å². The molecule has 0 spiro atoms. The van der Waals surface area contributed by atoms with Gasteiger partial charge in [0.25, 0.3) is 0 Å². The molecular weight excluding hydrogens is 282 g/mol. The van der Waals surface area contributed by atoms with Crippen LogP contribution in [0.3, 0.4) is 0 Å². The van der Waals surface area contributed by atoms with Crippen molar-refractivity contribution in [3.63, 3.8) is 0 Å². The van der Waals surface area contributed by atoms with Crippen LogP contribution in [0.2, 0.25) is 0 Å². The van der Waals surface area contributed by atoms with E-state index in [1.54, 1.807) is 0 Å². The zero-order valence-electron chi connectivity index (χ0n) is 11.5. The summed E-state index contributed by atoms with van der Waals surface area (Å²) in [6, 6.07) is 4.18. The number of anilines is 1. The molecule has 0 radical (unpaired) electrons. The van der Waals surface area contributed by atoms with Gasteiger partial charge < -0.3 is 5.32 Å². The molecule has 0 aliphatic carbocycles. The van der Waals surface area contributed by atoms with Crippen molar-refractivity contribution in [2.75, 3.05) is 18.9 Å². The molecule has 0 saturated heterocycles. The van der Waals surface area contributed by atoms with Gasteiger partial charge in [-0.05, 0) is 18.6 Å². The average molecular weight is 301 g/mol. The van der Waals surface area contributed by atoms with Crippen molar-refractivity contribution in [3.05, 3.63) is 28.3 Å². The molecule has 0 aliphatic heterocycles. The number of sulfonamides is 1. The van der Waals surface area contributed by atoms with Gasteiger partial charge in [0, 0.05) is 13.6 Å². The van der Waals surface area contributed by atoms with Crippen LogP contribution in [0.15, 0.2) is 23.1 Å². The van der Waals surface area contributed by atoms with E-state index in [-0.39, 0.29) is 17.1 Å². The Morgan fingerprint density at radius 1 is 1.30 bits per heavy atom. The summed E-state index contributed by atoms with van der Waals surface area (Å²) in [5, 5.41) is 13.7. The Morgan fingerprint density at radius 2 is 2.00 bits per heavy atom. The maximum Gasteiger partial charge on any atom is 0.312 e. The SMILES string of the molecule is CCCCCNS(=O)(=O)c1cccc(NC)c1[N+](=O)[O-]. The second-order valence-corrected chi connectivity index (χ2v) is 6.00. The third kappa shape index (κ3) is 3.91. The molecule has 0 amide bonds. The summed E-state index contributed by atoms with van der Waals surface area (Å²) in [6.45, 7) is 2.28. The monoisotopic (exact) mass is 301 g/mol. The van der Waals surface area contributed by atoms with Gasteiger partial charge in [-0.1, -0.05) is 25.8 Å². The lowest BCUT2D eigenvalue weighted by atomic mass is 10.2. The Bertz CT molecular complexity index is 572. The summed E-state index contributed by atoms with van der Waals surface area (Å²) in [4.78, 5) is 10.1. The minimum atomic E-state index is -3.88. The number of nitro groups is 1. The van der Waals surface area contributed by atoms with E-state index in [2.05, 4.69) is 10.0 Å². The molecule has 0 saturated carbocycles. The molecule has 0 fully saturated rings. The van der Waals surface area contributed by atoms with Crippen molar-refractivity contribution < 1.29 is 13.3 Å². The summed E-state index contributed by atoms with van der Waals surface area (Å²) in [6.07, 6.45) is 2.58. The molecule has 1 rings (SSSR count). The number of para-hydroxylation sites is 1. The molecule has 0 bridgehead atoms. The van der Waals surface area contributed by atoms with E-state index in [0.717, 1.165) is 12.8 Å². The zero-order valence-corrected chi connectivity index (χ0v) is 12.4. The number of nitrogens with zero attached hydrogens (tertiary/aromatic N) is 1. The van der Waals surface area contributed by atoms with Crippen molar-refractivity contribution >= 4 is 21.4 Å². The zero-order chi connectivity index (χ0) is 15.2. The summed E-state index contributed by atoms with van der Waals surface area (Å²) in [5.74, 6) is 0. The lowest BCUT2D eigenvalue weighted by Gasteiger charge is -2.09. The Morgan fingerprint density at radius 3 is 2.55 bits per heavy atom. The third-order valence-electron chi connectivity index (χ3n) is 2.81. The number of nitro benzene ring substituents is 1. The molecule has 0 heterocycles. The highest BCUT2D eigenvalue weighted by molar-refractivity contribution is 7.89. The Labute approximate surface area is 118 Å². The summed E-state index contributed by atoms with van der Waals surface area (Å²) in [5.41, 5.74) is -0.260. The third-order valence-corrected chi connectivity index (χ3v) is 4.31. The Kier molecular flexibility index (Phi) is 5.90. The van der Waals surface area contributed by atoms with E-state index >= 15 is 0 Å². The van der Waals surface area contributed by atoms with Crippen LogP contribution in [0, 0.1) is 10.1 Å². The fourth-order valence-corrected chi connectivity index (χ4v) is 3.05. The first-order valence-electron chi connectivity index (χ1n) is 6.39. The van der Waals surface area contributed by atoms with Crippen LogP contribution in [0.5, 0.6) is 0 Å². The average Bonchev–Trinajstić information content (AvgIpc) is 2.42. The van der Waals surface area contributed by atoms with Gasteiger partial charge >= 0.3 is 5.69 Å². The Balaban J connectivity index is 3.08. The van der Waals surface area contributed by atoms with Gasteiger partial charge in [-0.2, -0.15) is 0 Å². The predicted octanol–water partition coefficient (Wildman–Crippen LogP) is 2.10. The normalized spacial score (nSPS) is 11.3. The van der Waals surface area contributed by atoms with E-state index in [0.29, 0.717) is 6.42 Å². The number of hydrogen-bond acceptors (Lipinski definition) is 5. The van der Waals surface area contributed by atoms with Crippen molar-refractivity contribution in [2.45, 2.75) is 31.1 Å². The van der Waals surface area contributed by atoms with E-state index < -0.39 is 20.6 Å². The van der Waals surface area contributed by atoms with Gasteiger partial charge in [-0.3, -0.25) is 10.1 Å². The summed E-state index contributed by atoms with van der Waals surface area (Å²) in [7, 11) is -2.37. The molecule has 0 unspecified atom stereocenters. The number of rotatable bonds is 8. The highest BCUT2D eigenvalue weighted by atomic mass is 32.2. The molecular formula is C12H19N3O4S. The molecule has 20 heavy (non-hydrogen) atoms. The van der Waals surface area contributed by atoms with Gasteiger partial charge in [-0.15, -0.1) is 0 Å². The van der Waals surface area contributed by atoms with Crippen molar-refractivity contribution in [3.8, 4) is 0 Å². The lowest BCUT2D eigenvalue weighted by Crippen LogP contribution is -2.25. The molecule has 0 atom stereocenters. The van der Waals surface area contributed by atoms with Crippen LogP contribution >= 0.6 is 0 Å². The second kappa shape index (κ2) is 7.20. The second-order valence-electron chi connectivity index (χ2n) is 4.26. The van der Waals surface area contributed by atoms with Crippen molar-refractivity contribution in [1.82, 2.24) is 4.72 Å². The van der Waals surface area contributed by atoms with Crippen molar-refractivity contribution in [1.29, 1.82) is 0 Å². The minimum Gasteiger partial charge on any atom is -0.383 e. The van der Waals surface area contributed by atoms with Crippen LogP contribution in [-0.4, -0.2) is 26.9 Å². The summed E-state index contributed by atoms with van der Waals surface area (Å²) >= 11 is 0. The molecule has 7 nitrogen and oxygen atoms in total. The van der Waals surface area contributed by atoms with Gasteiger partial charge in [0.05, 0.1) is 4.92 Å². The number of benzene rings is 1. The maximum atomic E-state index is 12.1. The van der Waals surface area contributed by atoms with Crippen LogP contribution in [0.1, 0.15) is 26.2 Å². The molecule has 1 aromatic carbocycles. The van der Waals surface area contributed by atoms with Gasteiger partial charge in [0.15, 0.2) is 4.90 Å². The van der Waals surface area contributed by atoms with Crippen LogP contribution in [-0.2, 0) is 10.0 Å². The fraction of sp³-hybridized carbons (Fsp3) is 0.500. The van der Waals surface area contributed by atoms with Crippen LogP contribution < -0.4 is 10.0 Å². The van der Waals surface area contributed by atoms with Gasteiger partial charge in [0.1, 0.15) is 5.69 Å². The molecule has 112 valence electrons. The first-order valence-corrected chi connectivity index (χ1v) is 7.87. The van der Waals surface area contributed by atoms with Gasteiger partial charge in [-0.25, -0.2) is 13.1 Å². The number of nitrogens with one attached hydrogen (secondary N) is 2. The molecule has 1 aromatic rings. The first kappa shape index (κ1) is 16.4. The van der Waals surface area contributed by atoms with E-state index in [1.165, 1.54) is 25.2 Å². The minimum absolute atomic E-state index is 0.173. The van der Waals surface area contributed by atoms with Crippen LogP contribution in [0.25, 0.3) is 0 Å². The fourth-order valence-electron chi connectivity index (χ4n) is 1.79. The standard InChI is InChI=1S/C12H19N3O4S/c1-3-4-5-9-14-20(18,19)11-8-6-7-10(13-2)12(11)15(16)17/h6-8,13-14H,3-5,9H2,1-2H3. The Hall–Kier alpha value is -1.67. The van der Waals surface area contributed by atoms with E-state index in [9.17, 15) is 18.5 Å². The molecule has 0 aromatic heterocycles. The summed E-state index contributed by atoms with van der Waals surface area (Å²) < 4.78 is 26.7. The quantitative estimate of drug-likeness (QED) is 0.435. The largest absolute Gasteiger partial charge is 0.383 e. The maximum absolute atomic E-state index is 12.1. The van der Waals surface area contributed by atoms with Crippen LogP contribution in [0.4, 0.5) is 11.4 Å². The highest BCUT2D eigenvalue weighted by Crippen LogP contribution is 2.31. The lowest BCUT2D eigenvalue weighted by molar-refractivity contribution is -0.386. The molecule has 8 heteroatoms. The number of unbranched alkanes of at least 4 members (excludes halogenated alkanes) is 2. The van der Waals surface area contributed by atoms with Gasteiger partial charge in [0.2, 0.25) is 10.0 Å². The number of hydrogen-bond donors (Lipinski definition) is 2. The first-order chi connectivity index (χ1) is 9.44. The molecule has 2 N–H and O–H groups in total. The van der Waals surface area contributed by atoms with E-state index in [4.69, 9.17) is 0 Å².